The van der Waals surface area contributed by atoms with Crippen molar-refractivity contribution in [2.45, 2.75) is 62.8 Å². The van der Waals surface area contributed by atoms with Crippen molar-refractivity contribution in [3.05, 3.63) is 42.5 Å². The van der Waals surface area contributed by atoms with Crippen molar-refractivity contribution in [3.63, 3.8) is 0 Å². The number of nitrogens with zero attached hydrogens (tertiary/aromatic N) is 1. The lowest BCUT2D eigenvalue weighted by molar-refractivity contribution is -0.0500. The monoisotopic (exact) mass is 563 g/mol. The summed E-state index contributed by atoms with van der Waals surface area (Å²) in [5, 5.41) is 0. The van der Waals surface area contributed by atoms with Crippen LogP contribution in [0.3, 0.4) is 0 Å². The predicted molar refractivity (Wildman–Crippen MR) is 136 cm³/mol. The number of rotatable bonds is 10. The molecule has 3 rings (SSSR count). The second-order valence-corrected chi connectivity index (χ2v) is 12.8. The summed E-state index contributed by atoms with van der Waals surface area (Å²) in [7, 11) is -9.00. The van der Waals surface area contributed by atoms with Crippen molar-refractivity contribution >= 4 is 31.3 Å². The van der Waals surface area contributed by atoms with Crippen molar-refractivity contribution in [1.29, 1.82) is 0 Å². The SMILES string of the molecule is CCCCC1(CCCC)CN(c2ccccc2)c2cc(OC)c(OS(=O)(=O)C(F)(F)F)cc2S(=O)(=O)C1. The Morgan fingerprint density at radius 3 is 2.11 bits per heavy atom. The number of halogens is 3. The Morgan fingerprint density at radius 2 is 1.59 bits per heavy atom. The number of anilines is 2. The lowest BCUT2D eigenvalue weighted by Gasteiger charge is -2.37. The number of hydrogen-bond acceptors (Lipinski definition) is 7. The first-order valence-corrected chi connectivity index (χ1v) is 15.1. The summed E-state index contributed by atoms with van der Waals surface area (Å²) < 4.78 is 99.8. The van der Waals surface area contributed by atoms with Gasteiger partial charge in [-0.05, 0) is 25.0 Å². The Morgan fingerprint density at radius 1 is 1.00 bits per heavy atom. The largest absolute Gasteiger partial charge is 0.534 e. The Balaban J connectivity index is 2.28. The summed E-state index contributed by atoms with van der Waals surface area (Å²) in [6.07, 6.45) is 4.63. The van der Waals surface area contributed by atoms with Gasteiger partial charge in [0.05, 0.1) is 23.4 Å². The molecule has 0 aliphatic carbocycles. The molecule has 7 nitrogen and oxygen atoms in total. The molecule has 37 heavy (non-hydrogen) atoms. The van der Waals surface area contributed by atoms with Crippen LogP contribution in [-0.2, 0) is 20.0 Å². The zero-order chi connectivity index (χ0) is 27.5. The molecule has 0 fully saturated rings. The zero-order valence-corrected chi connectivity index (χ0v) is 22.7. The van der Waals surface area contributed by atoms with E-state index >= 15 is 0 Å². The number of fused-ring (bicyclic) bond motifs is 1. The van der Waals surface area contributed by atoms with Gasteiger partial charge in [-0.15, -0.1) is 0 Å². The van der Waals surface area contributed by atoms with Gasteiger partial charge in [-0.3, -0.25) is 0 Å². The van der Waals surface area contributed by atoms with E-state index in [4.69, 9.17) is 4.74 Å². The van der Waals surface area contributed by atoms with Gasteiger partial charge in [0.15, 0.2) is 21.3 Å². The summed E-state index contributed by atoms with van der Waals surface area (Å²) in [6, 6.07) is 11.1. The standard InChI is InChI=1S/C25H32F3NO6S2/c1-4-6-13-24(14-7-5-2)17-29(19-11-9-8-10-12-19)20-15-21(34-3)22(16-23(20)36(30,31)18-24)35-37(32,33)25(26,27)28/h8-12,15-16H,4-7,13-14,17-18H2,1-3H3. The number of alkyl halides is 3. The average Bonchev–Trinajstić information content (AvgIpc) is 2.93. The fraction of sp³-hybridized carbons (Fsp3) is 0.520. The van der Waals surface area contributed by atoms with E-state index in [1.54, 1.807) is 12.1 Å². The summed E-state index contributed by atoms with van der Waals surface area (Å²) in [6.45, 7) is 4.41. The number of sulfone groups is 1. The molecule has 0 atom stereocenters. The topological polar surface area (TPSA) is 90.0 Å². The van der Waals surface area contributed by atoms with Crippen LogP contribution in [-0.4, -0.2) is 41.8 Å². The zero-order valence-electron chi connectivity index (χ0n) is 21.0. The minimum absolute atomic E-state index is 0.190. The Kier molecular flexibility index (Phi) is 8.73. The van der Waals surface area contributed by atoms with Crippen molar-refractivity contribution in [1.82, 2.24) is 0 Å². The highest BCUT2D eigenvalue weighted by Crippen LogP contribution is 2.48. The Hall–Kier alpha value is -2.47. The molecule has 0 amide bonds. The van der Waals surface area contributed by atoms with Crippen LogP contribution in [0, 0.1) is 5.41 Å². The van der Waals surface area contributed by atoms with Crippen LogP contribution >= 0.6 is 0 Å². The third kappa shape index (κ3) is 6.34. The second-order valence-electron chi connectivity index (χ2n) is 9.34. The Labute approximate surface area is 216 Å². The summed E-state index contributed by atoms with van der Waals surface area (Å²) in [5.41, 5.74) is -5.45. The first kappa shape index (κ1) is 29.1. The summed E-state index contributed by atoms with van der Waals surface area (Å²) in [5.74, 6) is -1.41. The molecule has 0 saturated carbocycles. The van der Waals surface area contributed by atoms with Crippen LogP contribution in [0.15, 0.2) is 47.4 Å². The van der Waals surface area contributed by atoms with Gasteiger partial charge in [0, 0.05) is 29.8 Å². The molecule has 2 aromatic rings. The van der Waals surface area contributed by atoms with Gasteiger partial charge >= 0.3 is 15.6 Å². The van der Waals surface area contributed by atoms with Crippen LogP contribution in [0.2, 0.25) is 0 Å². The number of para-hydroxylation sites is 1. The number of ether oxygens (including phenoxy) is 1. The predicted octanol–water partition coefficient (Wildman–Crippen LogP) is 6.22. The van der Waals surface area contributed by atoms with Crippen molar-refractivity contribution < 1.29 is 38.9 Å². The number of hydrogen-bond donors (Lipinski definition) is 0. The van der Waals surface area contributed by atoms with E-state index in [0.717, 1.165) is 38.9 Å². The van der Waals surface area contributed by atoms with Crippen molar-refractivity contribution in [3.8, 4) is 11.5 Å². The normalized spacial score (nSPS) is 17.1. The maximum Gasteiger partial charge on any atom is 0.534 e. The first-order chi connectivity index (χ1) is 17.3. The minimum atomic E-state index is -6.06. The molecular weight excluding hydrogens is 531 g/mol. The fourth-order valence-corrected chi connectivity index (χ4v) is 7.27. The highest BCUT2D eigenvalue weighted by molar-refractivity contribution is 7.91. The molecule has 0 unspecified atom stereocenters. The molecule has 0 spiro atoms. The maximum absolute atomic E-state index is 13.8. The molecule has 1 aliphatic heterocycles. The van der Waals surface area contributed by atoms with E-state index in [1.807, 2.05) is 36.9 Å². The van der Waals surface area contributed by atoms with Crippen LogP contribution < -0.4 is 13.8 Å². The van der Waals surface area contributed by atoms with E-state index in [0.29, 0.717) is 25.1 Å². The number of benzene rings is 2. The molecule has 0 N–H and O–H groups in total. The van der Waals surface area contributed by atoms with Gasteiger partial charge in [-0.1, -0.05) is 57.7 Å². The van der Waals surface area contributed by atoms with Crippen molar-refractivity contribution in [2.75, 3.05) is 24.3 Å². The van der Waals surface area contributed by atoms with Crippen LogP contribution in [0.4, 0.5) is 24.5 Å². The van der Waals surface area contributed by atoms with E-state index < -0.39 is 36.6 Å². The van der Waals surface area contributed by atoms with Gasteiger partial charge < -0.3 is 13.8 Å². The van der Waals surface area contributed by atoms with E-state index in [2.05, 4.69) is 4.18 Å². The van der Waals surface area contributed by atoms with Gasteiger partial charge in [0.2, 0.25) is 0 Å². The average molecular weight is 564 g/mol. The molecule has 206 valence electrons. The van der Waals surface area contributed by atoms with E-state index in [1.165, 1.54) is 6.07 Å². The third-order valence-electron chi connectivity index (χ3n) is 6.53. The van der Waals surface area contributed by atoms with Crippen LogP contribution in [0.1, 0.15) is 52.4 Å². The van der Waals surface area contributed by atoms with E-state index in [9.17, 15) is 30.0 Å². The lowest BCUT2D eigenvalue weighted by Crippen LogP contribution is -2.38. The highest BCUT2D eigenvalue weighted by atomic mass is 32.2. The molecular formula is C25H32F3NO6S2. The van der Waals surface area contributed by atoms with Gasteiger partial charge in [0.25, 0.3) is 0 Å². The first-order valence-electron chi connectivity index (χ1n) is 12.1. The molecule has 12 heteroatoms. The van der Waals surface area contributed by atoms with Gasteiger partial charge in [0.1, 0.15) is 0 Å². The van der Waals surface area contributed by atoms with Crippen LogP contribution in [0.5, 0.6) is 11.5 Å². The third-order valence-corrected chi connectivity index (χ3v) is 9.49. The smallest absolute Gasteiger partial charge is 0.493 e. The molecule has 1 aliphatic rings. The molecule has 0 bridgehead atoms. The number of unbranched alkanes of at least 4 members (excludes halogenated alkanes) is 2. The Bertz CT molecular complexity index is 1290. The van der Waals surface area contributed by atoms with Crippen LogP contribution in [0.25, 0.3) is 0 Å². The highest BCUT2D eigenvalue weighted by Gasteiger charge is 2.49. The molecule has 0 aromatic heterocycles. The molecule has 2 aromatic carbocycles. The van der Waals surface area contributed by atoms with Gasteiger partial charge in [-0.25, -0.2) is 8.42 Å². The second kappa shape index (κ2) is 11.1. The lowest BCUT2D eigenvalue weighted by atomic mass is 9.79. The van der Waals surface area contributed by atoms with E-state index in [-0.39, 0.29) is 22.1 Å². The molecule has 1 heterocycles. The summed E-state index contributed by atoms with van der Waals surface area (Å²) >= 11 is 0. The summed E-state index contributed by atoms with van der Waals surface area (Å²) in [4.78, 5) is 1.52. The maximum atomic E-state index is 13.8. The quantitative estimate of drug-likeness (QED) is 0.251. The van der Waals surface area contributed by atoms with Crippen molar-refractivity contribution in [2.24, 2.45) is 5.41 Å². The molecule has 0 radical (unpaired) electrons. The minimum Gasteiger partial charge on any atom is -0.493 e. The fourth-order valence-electron chi connectivity index (χ4n) is 4.70. The number of methoxy groups -OCH3 is 1. The van der Waals surface area contributed by atoms with Gasteiger partial charge in [-0.2, -0.15) is 21.6 Å². The molecule has 0 saturated heterocycles.